The molecule has 0 aliphatic carbocycles. The molecule has 1 aliphatic heterocycles. The van der Waals surface area contributed by atoms with Gasteiger partial charge in [0.1, 0.15) is 27.7 Å². The lowest BCUT2D eigenvalue weighted by atomic mass is 9.87. The Morgan fingerprint density at radius 2 is 1.83 bits per heavy atom. The largest absolute Gasteiger partial charge is 0.497 e. The van der Waals surface area contributed by atoms with Gasteiger partial charge >= 0.3 is 12.1 Å². The van der Waals surface area contributed by atoms with Gasteiger partial charge in [-0.25, -0.2) is 19.4 Å². The van der Waals surface area contributed by atoms with Crippen LogP contribution in [-0.2, 0) is 16.1 Å². The Morgan fingerprint density at radius 1 is 1.13 bits per heavy atom. The summed E-state index contributed by atoms with van der Waals surface area (Å²) in [6.45, 7) is 13.7. The van der Waals surface area contributed by atoms with Gasteiger partial charge in [0.05, 0.1) is 25.8 Å². The predicted molar refractivity (Wildman–Crippen MR) is 186 cm³/mol. The molecule has 2 atom stereocenters. The number of fused-ring (bicyclic) bond motifs is 1. The highest BCUT2D eigenvalue weighted by Gasteiger charge is 2.34. The molecule has 12 heteroatoms. The molecule has 4 rings (SSSR count). The smallest absolute Gasteiger partial charge is 0.408 e. The number of thioether (sulfide) groups is 1. The molecule has 1 aliphatic rings. The van der Waals surface area contributed by atoms with Crippen LogP contribution >= 0.6 is 11.8 Å². The number of anilines is 1. The molecule has 258 valence electrons. The van der Waals surface area contributed by atoms with Crippen molar-refractivity contribution in [3.63, 3.8) is 0 Å². The highest BCUT2D eigenvalue weighted by atomic mass is 32.2. The molecule has 1 aromatic carbocycles. The number of nitrogens with zero attached hydrogens (tertiary/aromatic N) is 5. The van der Waals surface area contributed by atoms with Gasteiger partial charge < -0.3 is 24.8 Å². The van der Waals surface area contributed by atoms with Gasteiger partial charge in [-0.3, -0.25) is 4.79 Å². The Labute approximate surface area is 283 Å². The minimum absolute atomic E-state index is 0.117. The van der Waals surface area contributed by atoms with Gasteiger partial charge in [-0.2, -0.15) is 5.10 Å². The van der Waals surface area contributed by atoms with Gasteiger partial charge in [0.2, 0.25) is 0 Å². The van der Waals surface area contributed by atoms with E-state index in [4.69, 9.17) is 24.5 Å². The topological polar surface area (TPSA) is 132 Å². The number of ether oxygens (including phenoxy) is 2. The second-order valence-electron chi connectivity index (χ2n) is 13.8. The summed E-state index contributed by atoms with van der Waals surface area (Å²) < 4.78 is 12.7. The SMILES string of the molecule is CCCCCC(CC)C(CSc1nn(Cc2ccc(OC)cc2)c2nc(N3CCC(C)(NC(=O)OC(C)(C)C)CC3)cnc12)C(=O)O. The number of carbonyl (C=O) groups excluding carboxylic acids is 1. The average molecular weight is 669 g/mol. The fourth-order valence-electron chi connectivity index (χ4n) is 6.00. The number of nitrogens with one attached hydrogen (secondary N) is 1. The Balaban J connectivity index is 1.57. The molecule has 1 saturated heterocycles. The van der Waals surface area contributed by atoms with Crippen LogP contribution in [0.5, 0.6) is 5.75 Å². The number of carbonyl (C=O) groups is 2. The van der Waals surface area contributed by atoms with Crippen LogP contribution in [-0.4, -0.2) is 74.0 Å². The van der Waals surface area contributed by atoms with Crippen molar-refractivity contribution < 1.29 is 24.2 Å². The van der Waals surface area contributed by atoms with Crippen LogP contribution in [0.3, 0.4) is 0 Å². The first-order valence-electron chi connectivity index (χ1n) is 16.8. The van der Waals surface area contributed by atoms with Crippen molar-refractivity contribution in [2.24, 2.45) is 11.8 Å². The number of aromatic nitrogens is 4. The monoisotopic (exact) mass is 668 g/mol. The number of hydrogen-bond acceptors (Lipinski definition) is 9. The number of alkyl carbamates (subject to hydrolysis) is 1. The summed E-state index contributed by atoms with van der Waals surface area (Å²) in [4.78, 5) is 37.0. The van der Waals surface area contributed by atoms with Crippen LogP contribution in [0, 0.1) is 11.8 Å². The second kappa shape index (κ2) is 16.0. The maximum atomic E-state index is 12.5. The molecule has 2 N–H and O–H groups in total. The molecule has 11 nitrogen and oxygen atoms in total. The van der Waals surface area contributed by atoms with E-state index in [1.807, 2.05) is 56.6 Å². The fraction of sp³-hybridized carbons (Fsp3) is 0.629. The molecule has 2 aromatic heterocycles. The lowest BCUT2D eigenvalue weighted by Crippen LogP contribution is -2.54. The number of rotatable bonds is 15. The maximum absolute atomic E-state index is 12.5. The lowest BCUT2D eigenvalue weighted by molar-refractivity contribution is -0.142. The van der Waals surface area contributed by atoms with Crippen LogP contribution in [0.4, 0.5) is 10.6 Å². The average Bonchev–Trinajstić information content (AvgIpc) is 3.35. The van der Waals surface area contributed by atoms with Gasteiger partial charge in [-0.05, 0) is 70.6 Å². The van der Waals surface area contributed by atoms with E-state index in [1.165, 1.54) is 11.8 Å². The Kier molecular flexibility index (Phi) is 12.4. The zero-order valence-corrected chi connectivity index (χ0v) is 29.9. The number of carboxylic acid groups (broad SMARTS) is 1. The number of piperidine rings is 1. The highest BCUT2D eigenvalue weighted by molar-refractivity contribution is 7.99. The molecule has 47 heavy (non-hydrogen) atoms. The summed E-state index contributed by atoms with van der Waals surface area (Å²) in [6, 6.07) is 7.85. The van der Waals surface area contributed by atoms with Crippen molar-refractivity contribution in [3.05, 3.63) is 36.0 Å². The van der Waals surface area contributed by atoms with Gasteiger partial charge in [-0.15, -0.1) is 11.8 Å². The van der Waals surface area contributed by atoms with Gasteiger partial charge in [-0.1, -0.05) is 51.7 Å². The Hall–Kier alpha value is -3.54. The number of benzene rings is 1. The minimum Gasteiger partial charge on any atom is -0.497 e. The van der Waals surface area contributed by atoms with Crippen LogP contribution in [0.2, 0.25) is 0 Å². The van der Waals surface area contributed by atoms with Crippen molar-refractivity contribution >= 4 is 40.8 Å². The standard InChI is InChI=1S/C35H52N6O5S/c1-8-10-11-12-25(9-2)27(32(42)43)23-47-31-29-30(41(39-31)22-24-13-15-26(45-7)16-14-24)37-28(21-36-29)40-19-17-35(6,18-20-40)38-33(44)46-34(3,4)5/h13-16,21,25,27H,8-12,17-20,22-23H2,1-7H3,(H,38,44)(H,42,43). The zero-order valence-electron chi connectivity index (χ0n) is 29.0. The molecule has 0 bridgehead atoms. The summed E-state index contributed by atoms with van der Waals surface area (Å²) in [5.74, 6) is 0.844. The third-order valence-electron chi connectivity index (χ3n) is 8.87. The first-order chi connectivity index (χ1) is 22.3. The molecule has 1 amide bonds. The molecule has 0 spiro atoms. The summed E-state index contributed by atoms with van der Waals surface area (Å²) in [5, 5.41) is 18.9. The summed E-state index contributed by atoms with van der Waals surface area (Å²) in [6.07, 6.45) is 7.86. The molecule has 1 fully saturated rings. The molecular formula is C35H52N6O5S. The van der Waals surface area contributed by atoms with Crippen LogP contribution < -0.4 is 15.0 Å². The van der Waals surface area contributed by atoms with Crippen molar-refractivity contribution in [2.45, 2.75) is 109 Å². The van der Waals surface area contributed by atoms with E-state index in [2.05, 4.69) is 24.1 Å². The normalized spacial score (nSPS) is 16.1. The highest BCUT2D eigenvalue weighted by Crippen LogP contribution is 2.33. The van der Waals surface area contributed by atoms with E-state index in [-0.39, 0.29) is 11.5 Å². The Morgan fingerprint density at radius 3 is 2.43 bits per heavy atom. The first-order valence-corrected chi connectivity index (χ1v) is 17.8. The number of methoxy groups -OCH3 is 1. The summed E-state index contributed by atoms with van der Waals surface area (Å²) in [5.41, 5.74) is 1.42. The van der Waals surface area contributed by atoms with Crippen molar-refractivity contribution in [2.75, 3.05) is 30.9 Å². The van der Waals surface area contributed by atoms with E-state index >= 15 is 0 Å². The van der Waals surface area contributed by atoms with Gasteiger partial charge in [0.25, 0.3) is 0 Å². The van der Waals surface area contributed by atoms with Crippen LogP contribution in [0.25, 0.3) is 11.2 Å². The van der Waals surface area contributed by atoms with Gasteiger partial charge in [0, 0.05) is 24.4 Å². The second-order valence-corrected chi connectivity index (χ2v) is 14.8. The van der Waals surface area contributed by atoms with Crippen LogP contribution in [0.15, 0.2) is 35.5 Å². The van der Waals surface area contributed by atoms with Crippen molar-refractivity contribution in [1.29, 1.82) is 0 Å². The molecule has 2 unspecified atom stereocenters. The fourth-order valence-corrected chi connectivity index (χ4v) is 7.19. The number of carboxylic acids is 1. The van der Waals surface area contributed by atoms with E-state index in [0.717, 1.165) is 62.1 Å². The minimum atomic E-state index is -0.755. The van der Waals surface area contributed by atoms with Crippen molar-refractivity contribution in [3.8, 4) is 5.75 Å². The van der Waals surface area contributed by atoms with Crippen molar-refractivity contribution in [1.82, 2.24) is 25.1 Å². The number of hydrogen-bond donors (Lipinski definition) is 2. The quantitative estimate of drug-likeness (QED) is 0.127. The summed E-state index contributed by atoms with van der Waals surface area (Å²) in [7, 11) is 1.64. The molecule has 0 radical (unpaired) electrons. The Bertz CT molecular complexity index is 1480. The van der Waals surface area contributed by atoms with E-state index in [1.54, 1.807) is 13.3 Å². The zero-order chi connectivity index (χ0) is 34.2. The molecule has 3 heterocycles. The van der Waals surface area contributed by atoms with Crippen LogP contribution in [0.1, 0.15) is 92.1 Å². The van der Waals surface area contributed by atoms with Gasteiger partial charge in [0.15, 0.2) is 5.65 Å². The predicted octanol–water partition coefficient (Wildman–Crippen LogP) is 7.17. The molecular weight excluding hydrogens is 616 g/mol. The van der Waals surface area contributed by atoms with E-state index < -0.39 is 23.6 Å². The first kappa shape index (κ1) is 36.3. The van der Waals surface area contributed by atoms with E-state index in [9.17, 15) is 14.7 Å². The summed E-state index contributed by atoms with van der Waals surface area (Å²) >= 11 is 1.46. The third-order valence-corrected chi connectivity index (χ3v) is 9.95. The lowest BCUT2D eigenvalue weighted by Gasteiger charge is -2.40. The molecule has 3 aromatic rings. The number of aliphatic carboxylic acids is 1. The van der Waals surface area contributed by atoms with E-state index in [0.29, 0.717) is 41.6 Å². The third kappa shape index (κ3) is 9.98. The number of amides is 1. The number of unbranched alkanes of at least 4 members (excludes halogenated alkanes) is 2. The maximum Gasteiger partial charge on any atom is 0.408 e. The molecule has 0 saturated carbocycles.